The third-order valence-electron chi connectivity index (χ3n) is 3.99. The summed E-state index contributed by atoms with van der Waals surface area (Å²) < 4.78 is 35.3. The number of ether oxygens (including phenoxy) is 2. The zero-order chi connectivity index (χ0) is 18.7. The molecular formula is C16H27N3O5S. The lowest BCUT2D eigenvalue weighted by atomic mass is 9.92. The van der Waals surface area contributed by atoms with Crippen molar-refractivity contribution in [2.24, 2.45) is 0 Å². The van der Waals surface area contributed by atoms with Crippen molar-refractivity contribution in [1.29, 1.82) is 0 Å². The van der Waals surface area contributed by atoms with Crippen molar-refractivity contribution in [2.45, 2.75) is 38.6 Å². The maximum absolute atomic E-state index is 12.1. The first-order valence-electron chi connectivity index (χ1n) is 8.29. The second-order valence-corrected chi connectivity index (χ2v) is 9.49. The third kappa shape index (κ3) is 5.52. The van der Waals surface area contributed by atoms with Gasteiger partial charge >= 0.3 is 0 Å². The number of carbonyl (C=O) groups excluding carboxylic acids is 1. The summed E-state index contributed by atoms with van der Waals surface area (Å²) in [5.41, 5.74) is 0.587. The fraction of sp³-hybridized carbons (Fsp3) is 0.750. The first-order chi connectivity index (χ1) is 11.6. The summed E-state index contributed by atoms with van der Waals surface area (Å²) in [5.74, 6) is 0.396. The van der Waals surface area contributed by atoms with Gasteiger partial charge in [-0.2, -0.15) is 5.10 Å². The number of amides is 1. The lowest BCUT2D eigenvalue weighted by molar-refractivity contribution is -0.121. The predicted octanol–water partition coefficient (Wildman–Crippen LogP) is 1.14. The molecule has 0 spiro atoms. The fourth-order valence-corrected chi connectivity index (χ4v) is 4.28. The number of hydrogen-bond donors (Lipinski definition) is 1. The summed E-state index contributed by atoms with van der Waals surface area (Å²) in [4.78, 5) is 12.1. The average Bonchev–Trinajstić information content (AvgIpc) is 3.06. The van der Waals surface area contributed by atoms with Gasteiger partial charge in [-0.05, 0) is 6.42 Å². The van der Waals surface area contributed by atoms with Gasteiger partial charge < -0.3 is 14.8 Å². The van der Waals surface area contributed by atoms with Crippen LogP contribution in [0.2, 0.25) is 0 Å². The van der Waals surface area contributed by atoms with Crippen molar-refractivity contribution in [3.05, 3.63) is 11.8 Å². The summed E-state index contributed by atoms with van der Waals surface area (Å²) in [6.07, 6.45) is 0.501. The van der Waals surface area contributed by atoms with E-state index in [-0.39, 0.29) is 35.5 Å². The normalized spacial score (nSPS) is 19.9. The zero-order valence-electron chi connectivity index (χ0n) is 15.2. The number of nitrogens with one attached hydrogen (secondary N) is 1. The van der Waals surface area contributed by atoms with Crippen molar-refractivity contribution in [3.63, 3.8) is 0 Å². The smallest absolute Gasteiger partial charge is 0.251 e. The van der Waals surface area contributed by atoms with Crippen LogP contribution in [0.5, 0.6) is 0 Å². The second kappa shape index (κ2) is 7.84. The van der Waals surface area contributed by atoms with Crippen molar-refractivity contribution in [3.8, 4) is 0 Å². The Labute approximate surface area is 148 Å². The van der Waals surface area contributed by atoms with Crippen LogP contribution in [0.25, 0.3) is 0 Å². The number of hydrogen-bond acceptors (Lipinski definition) is 6. The summed E-state index contributed by atoms with van der Waals surface area (Å²) in [7, 11) is -1.49. The van der Waals surface area contributed by atoms with E-state index in [9.17, 15) is 13.2 Å². The molecule has 2 rings (SSSR count). The van der Waals surface area contributed by atoms with E-state index in [0.717, 1.165) is 5.69 Å². The molecule has 1 atom stereocenters. The molecule has 0 aromatic carbocycles. The number of carbonyl (C=O) groups is 1. The van der Waals surface area contributed by atoms with Gasteiger partial charge in [0.05, 0.1) is 36.5 Å². The Morgan fingerprint density at radius 1 is 1.40 bits per heavy atom. The standard InChI is InChI=1S/C16H27N3O5S/c1-16(2,3)13-9-14(17-15(20)10-24-7-6-23-4)19(18-13)12-5-8-25(21,22)11-12/h9,12H,5-8,10-11H2,1-4H3,(H,17,20)/t12-/m1/s1. The number of anilines is 1. The Morgan fingerprint density at radius 3 is 2.68 bits per heavy atom. The molecule has 1 fully saturated rings. The molecule has 9 heteroatoms. The molecule has 1 aromatic rings. The Bertz CT molecular complexity index is 706. The molecule has 0 saturated carbocycles. The SMILES string of the molecule is COCCOCC(=O)Nc1cc(C(C)(C)C)nn1[C@@H]1CCS(=O)(=O)C1. The fourth-order valence-electron chi connectivity index (χ4n) is 2.59. The Kier molecular flexibility index (Phi) is 6.23. The van der Waals surface area contributed by atoms with E-state index in [1.807, 2.05) is 20.8 Å². The van der Waals surface area contributed by atoms with Crippen LogP contribution in [-0.2, 0) is 29.5 Å². The monoisotopic (exact) mass is 373 g/mol. The van der Waals surface area contributed by atoms with Crippen LogP contribution in [0.15, 0.2) is 6.07 Å². The molecule has 8 nitrogen and oxygen atoms in total. The van der Waals surface area contributed by atoms with E-state index < -0.39 is 9.84 Å². The molecule has 0 bridgehead atoms. The highest BCUT2D eigenvalue weighted by Gasteiger charge is 2.32. The molecule has 142 valence electrons. The van der Waals surface area contributed by atoms with Gasteiger partial charge in [-0.15, -0.1) is 0 Å². The second-order valence-electron chi connectivity index (χ2n) is 7.26. The molecule has 1 aliphatic heterocycles. The first kappa shape index (κ1) is 19.9. The number of sulfone groups is 1. The largest absolute Gasteiger partial charge is 0.382 e. The molecule has 1 aliphatic rings. The van der Waals surface area contributed by atoms with E-state index in [2.05, 4.69) is 10.4 Å². The van der Waals surface area contributed by atoms with Gasteiger partial charge in [0, 0.05) is 18.6 Å². The number of aromatic nitrogens is 2. The number of nitrogens with zero attached hydrogens (tertiary/aromatic N) is 2. The Morgan fingerprint density at radius 2 is 2.12 bits per heavy atom. The van der Waals surface area contributed by atoms with Crippen molar-refractivity contribution in [2.75, 3.05) is 43.8 Å². The maximum Gasteiger partial charge on any atom is 0.251 e. The van der Waals surface area contributed by atoms with Crippen LogP contribution in [0.3, 0.4) is 0 Å². The minimum absolute atomic E-state index is 0.0471. The molecule has 0 aliphatic carbocycles. The van der Waals surface area contributed by atoms with Gasteiger partial charge in [0.15, 0.2) is 9.84 Å². The highest BCUT2D eigenvalue weighted by Crippen LogP contribution is 2.30. The molecule has 2 heterocycles. The van der Waals surface area contributed by atoms with E-state index in [1.54, 1.807) is 17.9 Å². The zero-order valence-corrected chi connectivity index (χ0v) is 16.1. The lowest BCUT2D eigenvalue weighted by Gasteiger charge is -2.15. The van der Waals surface area contributed by atoms with Crippen molar-refractivity contribution in [1.82, 2.24) is 9.78 Å². The topological polar surface area (TPSA) is 99.5 Å². The van der Waals surface area contributed by atoms with Crippen molar-refractivity contribution >= 4 is 21.6 Å². The minimum atomic E-state index is -3.05. The number of methoxy groups -OCH3 is 1. The molecular weight excluding hydrogens is 346 g/mol. The quantitative estimate of drug-likeness (QED) is 0.720. The highest BCUT2D eigenvalue weighted by molar-refractivity contribution is 7.91. The summed E-state index contributed by atoms with van der Waals surface area (Å²) in [5, 5.41) is 7.35. The van der Waals surface area contributed by atoms with Gasteiger partial charge in [-0.3, -0.25) is 4.79 Å². The Balaban J connectivity index is 2.15. The maximum atomic E-state index is 12.1. The van der Waals surface area contributed by atoms with Crippen LogP contribution in [0, 0.1) is 0 Å². The van der Waals surface area contributed by atoms with Gasteiger partial charge in [-0.25, -0.2) is 13.1 Å². The molecule has 1 N–H and O–H groups in total. The third-order valence-corrected chi connectivity index (χ3v) is 5.74. The van der Waals surface area contributed by atoms with E-state index in [0.29, 0.717) is 25.5 Å². The van der Waals surface area contributed by atoms with Crippen LogP contribution in [-0.4, -0.2) is 62.5 Å². The van der Waals surface area contributed by atoms with Crippen LogP contribution in [0.4, 0.5) is 5.82 Å². The predicted molar refractivity (Wildman–Crippen MR) is 94.6 cm³/mol. The summed E-state index contributed by atoms with van der Waals surface area (Å²) in [6, 6.07) is 1.55. The Hall–Kier alpha value is -1.45. The molecule has 25 heavy (non-hydrogen) atoms. The summed E-state index contributed by atoms with van der Waals surface area (Å²) >= 11 is 0. The number of rotatable bonds is 7. The van der Waals surface area contributed by atoms with Crippen molar-refractivity contribution < 1.29 is 22.7 Å². The molecule has 1 amide bonds. The van der Waals surface area contributed by atoms with Gasteiger partial charge in [0.2, 0.25) is 0 Å². The first-order valence-corrected chi connectivity index (χ1v) is 10.1. The van der Waals surface area contributed by atoms with Gasteiger partial charge in [-0.1, -0.05) is 20.8 Å². The molecule has 1 saturated heterocycles. The molecule has 1 aromatic heterocycles. The molecule has 0 radical (unpaired) electrons. The highest BCUT2D eigenvalue weighted by atomic mass is 32.2. The average molecular weight is 373 g/mol. The minimum Gasteiger partial charge on any atom is -0.382 e. The summed E-state index contributed by atoms with van der Waals surface area (Å²) in [6.45, 7) is 6.71. The van der Waals surface area contributed by atoms with Gasteiger partial charge in [0.1, 0.15) is 12.4 Å². The van der Waals surface area contributed by atoms with E-state index >= 15 is 0 Å². The van der Waals surface area contributed by atoms with Gasteiger partial charge in [0.25, 0.3) is 5.91 Å². The van der Waals surface area contributed by atoms with E-state index in [4.69, 9.17) is 9.47 Å². The molecule has 0 unspecified atom stereocenters. The van der Waals surface area contributed by atoms with Crippen LogP contribution < -0.4 is 5.32 Å². The van der Waals surface area contributed by atoms with Crippen LogP contribution >= 0.6 is 0 Å². The lowest BCUT2D eigenvalue weighted by Crippen LogP contribution is -2.23. The van der Waals surface area contributed by atoms with E-state index in [1.165, 1.54) is 0 Å². The van der Waals surface area contributed by atoms with Crippen LogP contribution in [0.1, 0.15) is 38.9 Å².